The van der Waals surface area contributed by atoms with Gasteiger partial charge in [-0.05, 0) is 37.6 Å². The van der Waals surface area contributed by atoms with E-state index < -0.39 is 18.5 Å². The third kappa shape index (κ3) is 5.14. The second-order valence-corrected chi connectivity index (χ2v) is 6.67. The van der Waals surface area contributed by atoms with Crippen LogP contribution in [0.25, 0.3) is 0 Å². The van der Waals surface area contributed by atoms with Crippen molar-refractivity contribution in [2.24, 2.45) is 0 Å². The Labute approximate surface area is 174 Å². The number of carbonyl (C=O) groups is 3. The first kappa shape index (κ1) is 20.9. The Morgan fingerprint density at radius 1 is 0.967 bits per heavy atom. The number of hydrogen-bond acceptors (Lipinski definition) is 5. The zero-order valence-electron chi connectivity index (χ0n) is 16.7. The molecule has 2 amide bonds. The molecule has 30 heavy (non-hydrogen) atoms. The maximum atomic E-state index is 12.7. The van der Waals surface area contributed by atoms with Gasteiger partial charge in [0.05, 0.1) is 23.6 Å². The van der Waals surface area contributed by atoms with E-state index in [2.05, 4.69) is 10.6 Å². The second kappa shape index (κ2) is 9.56. The molecule has 0 radical (unpaired) electrons. The number of para-hydroxylation sites is 1. The lowest BCUT2D eigenvalue weighted by molar-refractivity contribution is -0.119. The van der Waals surface area contributed by atoms with Crippen molar-refractivity contribution in [3.05, 3.63) is 89.4 Å². The van der Waals surface area contributed by atoms with Crippen molar-refractivity contribution < 1.29 is 23.5 Å². The number of esters is 1. The second-order valence-electron chi connectivity index (χ2n) is 6.67. The molecule has 0 fully saturated rings. The average Bonchev–Trinajstić information content (AvgIpc) is 3.19. The van der Waals surface area contributed by atoms with Crippen LogP contribution in [0, 0.1) is 6.92 Å². The van der Waals surface area contributed by atoms with Gasteiger partial charge in [0.1, 0.15) is 11.3 Å². The SMILES string of the molecule is Cc1occc1C(=O)OCC(=O)Nc1ccccc1C(=O)N[C@@H](C)c1ccccc1. The van der Waals surface area contributed by atoms with Crippen LogP contribution in [0.1, 0.15) is 45.0 Å². The van der Waals surface area contributed by atoms with E-state index in [1.54, 1.807) is 31.2 Å². The Morgan fingerprint density at radius 2 is 1.67 bits per heavy atom. The van der Waals surface area contributed by atoms with Gasteiger partial charge in [-0.3, -0.25) is 9.59 Å². The molecule has 2 aromatic carbocycles. The van der Waals surface area contributed by atoms with Crippen molar-refractivity contribution in [3.8, 4) is 0 Å². The number of nitrogens with one attached hydrogen (secondary N) is 2. The van der Waals surface area contributed by atoms with Crippen molar-refractivity contribution >= 4 is 23.5 Å². The number of benzene rings is 2. The maximum Gasteiger partial charge on any atom is 0.342 e. The van der Waals surface area contributed by atoms with Gasteiger partial charge in [0.15, 0.2) is 6.61 Å². The van der Waals surface area contributed by atoms with E-state index in [-0.39, 0.29) is 17.5 Å². The molecule has 1 atom stereocenters. The fourth-order valence-corrected chi connectivity index (χ4v) is 2.88. The fourth-order valence-electron chi connectivity index (χ4n) is 2.88. The predicted molar refractivity (Wildman–Crippen MR) is 111 cm³/mol. The van der Waals surface area contributed by atoms with Crippen LogP contribution in [0.3, 0.4) is 0 Å². The number of aryl methyl sites for hydroxylation is 1. The average molecular weight is 406 g/mol. The van der Waals surface area contributed by atoms with E-state index in [4.69, 9.17) is 9.15 Å². The van der Waals surface area contributed by atoms with Crippen LogP contribution >= 0.6 is 0 Å². The molecule has 0 aliphatic carbocycles. The molecule has 3 aromatic rings. The highest BCUT2D eigenvalue weighted by Crippen LogP contribution is 2.18. The van der Waals surface area contributed by atoms with Crippen molar-refractivity contribution in [3.63, 3.8) is 0 Å². The Bertz CT molecular complexity index is 1040. The van der Waals surface area contributed by atoms with Gasteiger partial charge in [-0.2, -0.15) is 0 Å². The summed E-state index contributed by atoms with van der Waals surface area (Å²) < 4.78 is 10.1. The number of anilines is 1. The zero-order valence-corrected chi connectivity index (χ0v) is 16.7. The molecule has 154 valence electrons. The van der Waals surface area contributed by atoms with Gasteiger partial charge in [-0.25, -0.2) is 4.79 Å². The van der Waals surface area contributed by atoms with Crippen LogP contribution in [-0.4, -0.2) is 24.4 Å². The van der Waals surface area contributed by atoms with Crippen LogP contribution in [0.5, 0.6) is 0 Å². The highest BCUT2D eigenvalue weighted by Gasteiger charge is 2.18. The van der Waals surface area contributed by atoms with E-state index in [9.17, 15) is 14.4 Å². The third-order valence-corrected chi connectivity index (χ3v) is 4.51. The summed E-state index contributed by atoms with van der Waals surface area (Å²) >= 11 is 0. The smallest absolute Gasteiger partial charge is 0.342 e. The molecule has 7 nitrogen and oxygen atoms in total. The molecule has 0 saturated heterocycles. The number of rotatable bonds is 7. The summed E-state index contributed by atoms with van der Waals surface area (Å²) in [5.74, 6) is -1.12. The number of hydrogen-bond donors (Lipinski definition) is 2. The molecule has 0 bridgehead atoms. The van der Waals surface area contributed by atoms with Gasteiger partial charge in [0.25, 0.3) is 11.8 Å². The minimum Gasteiger partial charge on any atom is -0.469 e. The van der Waals surface area contributed by atoms with Crippen molar-refractivity contribution in [1.29, 1.82) is 0 Å². The quantitative estimate of drug-likeness (QED) is 0.581. The van der Waals surface area contributed by atoms with Crippen LogP contribution in [0.4, 0.5) is 5.69 Å². The van der Waals surface area contributed by atoms with Crippen LogP contribution in [0.15, 0.2) is 71.3 Å². The number of furan rings is 1. The lowest BCUT2D eigenvalue weighted by atomic mass is 10.1. The molecular weight excluding hydrogens is 384 g/mol. The molecule has 2 N–H and O–H groups in total. The minimum atomic E-state index is -0.654. The molecule has 1 aromatic heterocycles. The molecule has 7 heteroatoms. The van der Waals surface area contributed by atoms with E-state index >= 15 is 0 Å². The van der Waals surface area contributed by atoms with Crippen molar-refractivity contribution in [2.75, 3.05) is 11.9 Å². The third-order valence-electron chi connectivity index (χ3n) is 4.51. The summed E-state index contributed by atoms with van der Waals surface area (Å²) in [4.78, 5) is 37.0. The maximum absolute atomic E-state index is 12.7. The zero-order chi connectivity index (χ0) is 21.5. The summed E-state index contributed by atoms with van der Waals surface area (Å²) in [5.41, 5.74) is 1.87. The molecule has 1 heterocycles. The highest BCUT2D eigenvalue weighted by molar-refractivity contribution is 6.04. The van der Waals surface area contributed by atoms with E-state index in [0.717, 1.165) is 5.56 Å². The number of carbonyl (C=O) groups excluding carboxylic acids is 3. The van der Waals surface area contributed by atoms with Gasteiger partial charge in [-0.15, -0.1) is 0 Å². The summed E-state index contributed by atoms with van der Waals surface area (Å²) in [6.45, 7) is 3.02. The minimum absolute atomic E-state index is 0.207. The van der Waals surface area contributed by atoms with Gasteiger partial charge in [0.2, 0.25) is 0 Å². The lowest BCUT2D eigenvalue weighted by Gasteiger charge is -2.16. The first-order valence-electron chi connectivity index (χ1n) is 9.41. The van der Waals surface area contributed by atoms with E-state index in [0.29, 0.717) is 17.0 Å². The van der Waals surface area contributed by atoms with Crippen LogP contribution in [0.2, 0.25) is 0 Å². The molecule has 0 aliphatic rings. The normalized spacial score (nSPS) is 11.4. The molecule has 0 aliphatic heterocycles. The van der Waals surface area contributed by atoms with Gasteiger partial charge in [0, 0.05) is 0 Å². The fraction of sp³-hybridized carbons (Fsp3) is 0.174. The molecule has 0 spiro atoms. The topological polar surface area (TPSA) is 97.6 Å². The van der Waals surface area contributed by atoms with E-state index in [1.807, 2.05) is 37.3 Å². The van der Waals surface area contributed by atoms with E-state index in [1.165, 1.54) is 12.3 Å². The first-order chi connectivity index (χ1) is 14.5. The van der Waals surface area contributed by atoms with Gasteiger partial charge in [-0.1, -0.05) is 42.5 Å². The monoisotopic (exact) mass is 406 g/mol. The number of amides is 2. The summed E-state index contributed by atoms with van der Waals surface area (Å²) in [6.07, 6.45) is 1.37. The number of ether oxygens (including phenoxy) is 1. The summed E-state index contributed by atoms with van der Waals surface area (Å²) in [6, 6.07) is 17.5. The van der Waals surface area contributed by atoms with Gasteiger partial charge < -0.3 is 19.8 Å². The van der Waals surface area contributed by atoms with Crippen LogP contribution < -0.4 is 10.6 Å². The molecule has 0 saturated carbocycles. The van der Waals surface area contributed by atoms with Gasteiger partial charge >= 0.3 is 5.97 Å². The summed E-state index contributed by atoms with van der Waals surface area (Å²) in [7, 11) is 0. The first-order valence-corrected chi connectivity index (χ1v) is 9.41. The lowest BCUT2D eigenvalue weighted by Crippen LogP contribution is -2.28. The Morgan fingerprint density at radius 3 is 2.37 bits per heavy atom. The van der Waals surface area contributed by atoms with Crippen molar-refractivity contribution in [1.82, 2.24) is 5.32 Å². The van der Waals surface area contributed by atoms with Crippen molar-refractivity contribution in [2.45, 2.75) is 19.9 Å². The Hall–Kier alpha value is -3.87. The highest BCUT2D eigenvalue weighted by atomic mass is 16.5. The molecular formula is C23H22N2O5. The molecule has 3 rings (SSSR count). The largest absolute Gasteiger partial charge is 0.469 e. The summed E-state index contributed by atoms with van der Waals surface area (Å²) in [5, 5.41) is 5.53. The Kier molecular flexibility index (Phi) is 6.64. The standard InChI is InChI=1S/C23H22N2O5/c1-15(17-8-4-3-5-9-17)24-22(27)19-10-6-7-11-20(19)25-21(26)14-30-23(28)18-12-13-29-16(18)2/h3-13,15H,14H2,1-2H3,(H,24,27)(H,25,26)/t15-/m0/s1. The predicted octanol–water partition coefficient (Wildman–Crippen LogP) is 3.87. The van der Waals surface area contributed by atoms with Crippen LogP contribution in [-0.2, 0) is 9.53 Å². The Balaban J connectivity index is 1.61. The molecule has 0 unspecified atom stereocenters.